The lowest BCUT2D eigenvalue weighted by atomic mass is 9.69. The first-order valence-electron chi connectivity index (χ1n) is 3.98. The van der Waals surface area contributed by atoms with Crippen molar-refractivity contribution in [2.75, 3.05) is 0 Å². The molecule has 0 aliphatic heterocycles. The molecule has 2 heteroatoms. The quantitative estimate of drug-likeness (QED) is 0.628. The van der Waals surface area contributed by atoms with Crippen LogP contribution in [0.3, 0.4) is 0 Å². The number of halogens is 1. The molecule has 0 saturated heterocycles. The molecule has 0 radical (unpaired) electrons. The van der Waals surface area contributed by atoms with Crippen molar-refractivity contribution in [3.8, 4) is 0 Å². The zero-order chi connectivity index (χ0) is 9.50. The maximum absolute atomic E-state index is 14.0. The fourth-order valence-electron chi connectivity index (χ4n) is 0.967. The maximum Gasteiger partial charge on any atom is 0.130 e. The summed E-state index contributed by atoms with van der Waals surface area (Å²) in [6.45, 7) is 10.6. The largest absolute Gasteiger partial charge is 0.323 e. The highest BCUT2D eigenvalue weighted by atomic mass is 19.1. The molecule has 0 fully saturated rings. The summed E-state index contributed by atoms with van der Waals surface area (Å²) in [5.74, 6) is 0. The van der Waals surface area contributed by atoms with E-state index >= 15 is 0 Å². The summed E-state index contributed by atoms with van der Waals surface area (Å²) < 4.78 is 14.0. The van der Waals surface area contributed by atoms with E-state index in [0.717, 1.165) is 0 Å². The molecule has 0 aliphatic rings. The van der Waals surface area contributed by atoms with Gasteiger partial charge in [0.2, 0.25) is 0 Å². The van der Waals surface area contributed by atoms with Gasteiger partial charge in [0, 0.05) is 5.54 Å². The van der Waals surface area contributed by atoms with Crippen molar-refractivity contribution in [3.05, 3.63) is 0 Å². The summed E-state index contributed by atoms with van der Waals surface area (Å²) in [5.41, 5.74) is 3.18. The highest BCUT2D eigenvalue weighted by Gasteiger charge is 2.47. The molecule has 68 valence electrons. The molecule has 0 aliphatic carbocycles. The molecule has 0 rings (SSSR count). The molecule has 2 N–H and O–H groups in total. The smallest absolute Gasteiger partial charge is 0.130 e. The Bertz CT molecular complexity index is 121. The molecule has 0 aromatic heterocycles. The Hall–Kier alpha value is -0.110. The molecule has 0 aromatic carbocycles. The summed E-state index contributed by atoms with van der Waals surface area (Å²) in [5, 5.41) is 0. The summed E-state index contributed by atoms with van der Waals surface area (Å²) in [6.07, 6.45) is 0. The second-order valence-corrected chi connectivity index (χ2v) is 4.97. The SMILES string of the molecule is CC(C)(C)C(C)(F)C(C)(C)N. The Kier molecular flexibility index (Phi) is 2.42. The third-order valence-electron chi connectivity index (χ3n) is 2.62. The van der Waals surface area contributed by atoms with E-state index in [-0.39, 0.29) is 0 Å². The molecule has 0 amide bonds. The lowest BCUT2D eigenvalue weighted by molar-refractivity contribution is -0.0133. The van der Waals surface area contributed by atoms with Gasteiger partial charge in [-0.25, -0.2) is 4.39 Å². The number of nitrogens with two attached hydrogens (primary N) is 1. The minimum Gasteiger partial charge on any atom is -0.323 e. The Morgan fingerprint density at radius 3 is 1.18 bits per heavy atom. The predicted octanol–water partition coefficient (Wildman–Crippen LogP) is 2.50. The molecule has 0 aromatic rings. The van der Waals surface area contributed by atoms with Crippen molar-refractivity contribution < 1.29 is 4.39 Å². The van der Waals surface area contributed by atoms with Crippen molar-refractivity contribution in [2.24, 2.45) is 11.1 Å². The van der Waals surface area contributed by atoms with Crippen LogP contribution < -0.4 is 5.73 Å². The number of hydrogen-bond acceptors (Lipinski definition) is 1. The van der Waals surface area contributed by atoms with Gasteiger partial charge < -0.3 is 5.73 Å². The molecule has 1 unspecified atom stereocenters. The molecule has 0 saturated carbocycles. The Morgan fingerprint density at radius 2 is 1.18 bits per heavy atom. The van der Waals surface area contributed by atoms with Crippen molar-refractivity contribution in [2.45, 2.75) is 52.8 Å². The minimum atomic E-state index is -1.35. The molecular formula is C9H20FN. The highest BCUT2D eigenvalue weighted by molar-refractivity contribution is 5.01. The van der Waals surface area contributed by atoms with E-state index in [1.54, 1.807) is 20.8 Å². The molecular weight excluding hydrogens is 141 g/mol. The second kappa shape index (κ2) is 2.44. The summed E-state index contributed by atoms with van der Waals surface area (Å²) in [4.78, 5) is 0. The van der Waals surface area contributed by atoms with Crippen LogP contribution in [0.2, 0.25) is 0 Å². The first kappa shape index (κ1) is 10.9. The van der Waals surface area contributed by atoms with E-state index in [2.05, 4.69) is 0 Å². The fraction of sp³-hybridized carbons (Fsp3) is 1.00. The van der Waals surface area contributed by atoms with Gasteiger partial charge in [-0.1, -0.05) is 20.8 Å². The van der Waals surface area contributed by atoms with Gasteiger partial charge >= 0.3 is 0 Å². The topological polar surface area (TPSA) is 26.0 Å². The number of hydrogen-bond donors (Lipinski definition) is 1. The van der Waals surface area contributed by atoms with E-state index < -0.39 is 16.6 Å². The molecule has 0 bridgehead atoms. The number of rotatable bonds is 1. The van der Waals surface area contributed by atoms with E-state index in [4.69, 9.17) is 5.73 Å². The fourth-order valence-corrected chi connectivity index (χ4v) is 0.967. The van der Waals surface area contributed by atoms with Crippen LogP contribution in [0.15, 0.2) is 0 Å². The van der Waals surface area contributed by atoms with Gasteiger partial charge in [0.25, 0.3) is 0 Å². The van der Waals surface area contributed by atoms with Gasteiger partial charge in [-0.05, 0) is 26.2 Å². The van der Waals surface area contributed by atoms with Crippen molar-refractivity contribution in [1.29, 1.82) is 0 Å². The van der Waals surface area contributed by atoms with Crippen molar-refractivity contribution in [3.63, 3.8) is 0 Å². The van der Waals surface area contributed by atoms with Crippen LogP contribution in [0.25, 0.3) is 0 Å². The molecule has 1 nitrogen and oxygen atoms in total. The van der Waals surface area contributed by atoms with Crippen molar-refractivity contribution >= 4 is 0 Å². The normalized spacial score (nSPS) is 19.6. The average molecular weight is 161 g/mol. The van der Waals surface area contributed by atoms with E-state index in [1.165, 1.54) is 0 Å². The summed E-state index contributed by atoms with van der Waals surface area (Å²) in [6, 6.07) is 0. The predicted molar refractivity (Wildman–Crippen MR) is 47.2 cm³/mol. The van der Waals surface area contributed by atoms with E-state index in [9.17, 15) is 4.39 Å². The van der Waals surface area contributed by atoms with Crippen LogP contribution in [-0.4, -0.2) is 11.2 Å². The second-order valence-electron chi connectivity index (χ2n) is 4.97. The first-order chi connectivity index (χ1) is 4.50. The van der Waals surface area contributed by atoms with E-state index in [0.29, 0.717) is 0 Å². The summed E-state index contributed by atoms with van der Waals surface area (Å²) >= 11 is 0. The Balaban J connectivity index is 4.75. The number of alkyl halides is 1. The summed E-state index contributed by atoms with van der Waals surface area (Å²) in [7, 11) is 0. The Morgan fingerprint density at radius 1 is 0.909 bits per heavy atom. The standard InChI is InChI=1S/C9H20FN/c1-7(2,3)9(6,10)8(4,5)11/h11H2,1-6H3. The third kappa shape index (κ3) is 1.92. The Labute approximate surface area is 69.2 Å². The molecule has 1 atom stereocenters. The molecule has 11 heavy (non-hydrogen) atoms. The van der Waals surface area contributed by atoms with Gasteiger partial charge in [0.15, 0.2) is 0 Å². The van der Waals surface area contributed by atoms with Crippen LogP contribution in [0.4, 0.5) is 4.39 Å². The van der Waals surface area contributed by atoms with Gasteiger partial charge in [0.05, 0.1) is 0 Å². The van der Waals surface area contributed by atoms with Crippen LogP contribution in [0.5, 0.6) is 0 Å². The van der Waals surface area contributed by atoms with Crippen LogP contribution in [0, 0.1) is 5.41 Å². The van der Waals surface area contributed by atoms with Gasteiger partial charge in [-0.2, -0.15) is 0 Å². The lowest BCUT2D eigenvalue weighted by Gasteiger charge is -2.44. The minimum absolute atomic E-state index is 0.411. The van der Waals surface area contributed by atoms with Crippen LogP contribution in [-0.2, 0) is 0 Å². The average Bonchev–Trinajstić information content (AvgIpc) is 1.58. The zero-order valence-corrected chi connectivity index (χ0v) is 8.46. The highest BCUT2D eigenvalue weighted by Crippen LogP contribution is 2.40. The monoisotopic (exact) mass is 161 g/mol. The van der Waals surface area contributed by atoms with Crippen LogP contribution >= 0.6 is 0 Å². The van der Waals surface area contributed by atoms with Gasteiger partial charge in [-0.3, -0.25) is 0 Å². The van der Waals surface area contributed by atoms with Gasteiger partial charge in [-0.15, -0.1) is 0 Å². The lowest BCUT2D eigenvalue weighted by Crippen LogP contribution is -2.58. The third-order valence-corrected chi connectivity index (χ3v) is 2.62. The molecule has 0 spiro atoms. The van der Waals surface area contributed by atoms with Crippen molar-refractivity contribution in [1.82, 2.24) is 0 Å². The maximum atomic E-state index is 14.0. The van der Waals surface area contributed by atoms with Crippen LogP contribution in [0.1, 0.15) is 41.5 Å². The molecule has 0 heterocycles. The first-order valence-corrected chi connectivity index (χ1v) is 3.98. The van der Waals surface area contributed by atoms with Gasteiger partial charge in [0.1, 0.15) is 5.67 Å². The van der Waals surface area contributed by atoms with E-state index in [1.807, 2.05) is 20.8 Å². The zero-order valence-electron chi connectivity index (χ0n) is 8.46.